The number of rotatable bonds is 4. The average molecular weight is 287 g/mol. The van der Waals surface area contributed by atoms with Gasteiger partial charge < -0.3 is 5.32 Å². The number of nitrogens with one attached hydrogen (secondary N) is 1. The minimum atomic E-state index is 0.794. The van der Waals surface area contributed by atoms with E-state index in [0.717, 1.165) is 31.2 Å². The van der Waals surface area contributed by atoms with Crippen LogP contribution in [0.25, 0.3) is 0 Å². The summed E-state index contributed by atoms with van der Waals surface area (Å²) in [6.07, 6.45) is 0. The van der Waals surface area contributed by atoms with Crippen molar-refractivity contribution >= 4 is 11.6 Å². The van der Waals surface area contributed by atoms with Crippen LogP contribution in [0.5, 0.6) is 0 Å². The first-order chi connectivity index (χ1) is 9.70. The summed E-state index contributed by atoms with van der Waals surface area (Å²) in [5, 5.41) is 4.18. The molecule has 20 heavy (non-hydrogen) atoms. The van der Waals surface area contributed by atoms with Gasteiger partial charge in [-0.05, 0) is 41.4 Å². The molecule has 0 unspecified atom stereocenters. The number of hydrogen-bond donors (Lipinski definition) is 1. The lowest BCUT2D eigenvalue weighted by Gasteiger charge is -2.17. The van der Waals surface area contributed by atoms with E-state index in [2.05, 4.69) is 47.6 Å². The highest BCUT2D eigenvalue weighted by molar-refractivity contribution is 6.30. The Bertz CT molecular complexity index is 592. The molecule has 0 aliphatic carbocycles. The summed E-state index contributed by atoms with van der Waals surface area (Å²) in [7, 11) is 2.15. The predicted octanol–water partition coefficient (Wildman–Crippen LogP) is 3.58. The molecule has 1 heterocycles. The van der Waals surface area contributed by atoms with Gasteiger partial charge in [-0.3, -0.25) is 4.90 Å². The third-order valence-electron chi connectivity index (χ3n) is 3.72. The molecular weight excluding hydrogens is 268 g/mol. The standard InChI is InChI=1S/C17H19ClN2/c1-20(11-13-3-6-17(18)7-4-13)12-14-2-5-15-9-19-10-16(15)8-14/h2-8,19H,9-12H2,1H3. The zero-order valence-electron chi connectivity index (χ0n) is 11.7. The van der Waals surface area contributed by atoms with Crippen LogP contribution in [0.15, 0.2) is 42.5 Å². The predicted molar refractivity (Wildman–Crippen MR) is 83.6 cm³/mol. The van der Waals surface area contributed by atoms with Crippen molar-refractivity contribution in [3.8, 4) is 0 Å². The molecule has 2 nitrogen and oxygen atoms in total. The van der Waals surface area contributed by atoms with E-state index in [1.54, 1.807) is 0 Å². The Morgan fingerprint density at radius 1 is 0.950 bits per heavy atom. The normalized spacial score (nSPS) is 13.8. The molecule has 0 fully saturated rings. The molecule has 0 saturated carbocycles. The molecule has 0 amide bonds. The van der Waals surface area contributed by atoms with Gasteiger partial charge >= 0.3 is 0 Å². The van der Waals surface area contributed by atoms with Crippen LogP contribution in [0.3, 0.4) is 0 Å². The number of fused-ring (bicyclic) bond motifs is 1. The highest BCUT2D eigenvalue weighted by Crippen LogP contribution is 2.18. The minimum absolute atomic E-state index is 0.794. The Labute approximate surface area is 125 Å². The first-order valence-corrected chi connectivity index (χ1v) is 7.33. The van der Waals surface area contributed by atoms with Gasteiger partial charge in [-0.15, -0.1) is 0 Å². The van der Waals surface area contributed by atoms with Crippen LogP contribution in [0.4, 0.5) is 0 Å². The maximum absolute atomic E-state index is 5.91. The van der Waals surface area contributed by atoms with Crippen molar-refractivity contribution in [3.05, 3.63) is 69.7 Å². The van der Waals surface area contributed by atoms with Crippen molar-refractivity contribution < 1.29 is 0 Å². The fraction of sp³-hybridized carbons (Fsp3) is 0.294. The summed E-state index contributed by atoms with van der Waals surface area (Å²) < 4.78 is 0. The molecule has 3 rings (SSSR count). The lowest BCUT2D eigenvalue weighted by molar-refractivity contribution is 0.319. The first kappa shape index (κ1) is 13.6. The Hall–Kier alpha value is -1.35. The molecule has 0 aromatic heterocycles. The summed E-state index contributed by atoms with van der Waals surface area (Å²) in [6.45, 7) is 3.92. The Balaban J connectivity index is 1.63. The van der Waals surface area contributed by atoms with Gasteiger partial charge in [0.15, 0.2) is 0 Å². The number of nitrogens with zero attached hydrogens (tertiary/aromatic N) is 1. The average Bonchev–Trinajstić information content (AvgIpc) is 2.89. The van der Waals surface area contributed by atoms with Crippen LogP contribution >= 0.6 is 11.6 Å². The van der Waals surface area contributed by atoms with Crippen molar-refractivity contribution in [1.82, 2.24) is 10.2 Å². The summed E-state index contributed by atoms with van der Waals surface area (Å²) in [5.41, 5.74) is 5.56. The Morgan fingerprint density at radius 2 is 1.60 bits per heavy atom. The molecule has 0 radical (unpaired) electrons. The molecule has 1 aliphatic rings. The topological polar surface area (TPSA) is 15.3 Å². The maximum atomic E-state index is 5.91. The summed E-state index contributed by atoms with van der Waals surface area (Å²) in [5.74, 6) is 0. The lowest BCUT2D eigenvalue weighted by atomic mass is 10.1. The fourth-order valence-electron chi connectivity index (χ4n) is 2.72. The second kappa shape index (κ2) is 5.96. The number of benzene rings is 2. The summed E-state index contributed by atoms with van der Waals surface area (Å²) in [6, 6.07) is 14.9. The van der Waals surface area contributed by atoms with Gasteiger partial charge in [-0.1, -0.05) is 41.9 Å². The molecule has 1 N–H and O–H groups in total. The van der Waals surface area contributed by atoms with Crippen LogP contribution < -0.4 is 5.32 Å². The van der Waals surface area contributed by atoms with E-state index >= 15 is 0 Å². The minimum Gasteiger partial charge on any atom is -0.309 e. The molecule has 0 spiro atoms. The van der Waals surface area contributed by atoms with Crippen molar-refractivity contribution in [1.29, 1.82) is 0 Å². The van der Waals surface area contributed by atoms with Crippen LogP contribution in [0.1, 0.15) is 22.3 Å². The van der Waals surface area contributed by atoms with Gasteiger partial charge in [0, 0.05) is 31.2 Å². The maximum Gasteiger partial charge on any atom is 0.0406 e. The van der Waals surface area contributed by atoms with Crippen LogP contribution in [-0.2, 0) is 26.2 Å². The van der Waals surface area contributed by atoms with E-state index < -0.39 is 0 Å². The first-order valence-electron chi connectivity index (χ1n) is 6.95. The molecule has 0 atom stereocenters. The van der Waals surface area contributed by atoms with Crippen molar-refractivity contribution in [2.75, 3.05) is 7.05 Å². The zero-order chi connectivity index (χ0) is 13.9. The molecular formula is C17H19ClN2. The largest absolute Gasteiger partial charge is 0.309 e. The molecule has 2 aromatic carbocycles. The second-order valence-electron chi connectivity index (χ2n) is 5.51. The Kier molecular flexibility index (Phi) is 4.06. The van der Waals surface area contributed by atoms with Crippen molar-refractivity contribution in [2.45, 2.75) is 26.2 Å². The number of halogens is 1. The quantitative estimate of drug-likeness (QED) is 0.924. The van der Waals surface area contributed by atoms with Crippen molar-refractivity contribution in [2.24, 2.45) is 0 Å². The van der Waals surface area contributed by atoms with Crippen LogP contribution in [0.2, 0.25) is 5.02 Å². The lowest BCUT2D eigenvalue weighted by Crippen LogP contribution is -2.17. The molecule has 2 aromatic rings. The molecule has 3 heteroatoms. The molecule has 1 aliphatic heterocycles. The third-order valence-corrected chi connectivity index (χ3v) is 3.97. The van der Waals surface area contributed by atoms with E-state index in [0.29, 0.717) is 0 Å². The molecule has 104 valence electrons. The van der Waals surface area contributed by atoms with Gasteiger partial charge in [0.25, 0.3) is 0 Å². The Morgan fingerprint density at radius 3 is 2.40 bits per heavy atom. The molecule has 0 bridgehead atoms. The summed E-state index contributed by atoms with van der Waals surface area (Å²) in [4.78, 5) is 2.33. The zero-order valence-corrected chi connectivity index (χ0v) is 12.5. The third kappa shape index (κ3) is 3.21. The monoisotopic (exact) mass is 286 g/mol. The number of hydrogen-bond acceptors (Lipinski definition) is 2. The van der Waals surface area contributed by atoms with E-state index in [9.17, 15) is 0 Å². The second-order valence-corrected chi connectivity index (χ2v) is 5.94. The van der Waals surface area contributed by atoms with Gasteiger partial charge in [0.1, 0.15) is 0 Å². The van der Waals surface area contributed by atoms with Crippen molar-refractivity contribution in [3.63, 3.8) is 0 Å². The van der Waals surface area contributed by atoms with Gasteiger partial charge in [0.2, 0.25) is 0 Å². The van der Waals surface area contributed by atoms with E-state index in [-0.39, 0.29) is 0 Å². The smallest absolute Gasteiger partial charge is 0.0406 e. The highest BCUT2D eigenvalue weighted by Gasteiger charge is 2.10. The van der Waals surface area contributed by atoms with Gasteiger partial charge in [-0.25, -0.2) is 0 Å². The van der Waals surface area contributed by atoms with Crippen LogP contribution in [-0.4, -0.2) is 11.9 Å². The van der Waals surface area contributed by atoms with E-state index in [4.69, 9.17) is 11.6 Å². The highest BCUT2D eigenvalue weighted by atomic mass is 35.5. The SMILES string of the molecule is CN(Cc1ccc(Cl)cc1)Cc1ccc2c(c1)CNC2. The summed E-state index contributed by atoms with van der Waals surface area (Å²) >= 11 is 5.91. The van der Waals surface area contributed by atoms with Gasteiger partial charge in [0.05, 0.1) is 0 Å². The van der Waals surface area contributed by atoms with Crippen LogP contribution in [0, 0.1) is 0 Å². The van der Waals surface area contributed by atoms with E-state index in [1.165, 1.54) is 22.3 Å². The molecule has 0 saturated heterocycles. The van der Waals surface area contributed by atoms with E-state index in [1.807, 2.05) is 12.1 Å². The fourth-order valence-corrected chi connectivity index (χ4v) is 2.84. The van der Waals surface area contributed by atoms with Gasteiger partial charge in [-0.2, -0.15) is 0 Å².